The average molecular weight is 905 g/mol. The van der Waals surface area contributed by atoms with Gasteiger partial charge in [0.2, 0.25) is 5.91 Å². The van der Waals surface area contributed by atoms with Crippen molar-refractivity contribution in [2.75, 3.05) is 26.8 Å². The molecular formula is C49H52N4O13. The summed E-state index contributed by atoms with van der Waals surface area (Å²) in [5, 5.41) is 84.7. The minimum Gasteiger partial charge on any atom is -0.508 e. The van der Waals surface area contributed by atoms with E-state index in [0.29, 0.717) is 63.0 Å². The molecule has 4 aliphatic rings. The van der Waals surface area contributed by atoms with E-state index in [2.05, 4.69) is 39.9 Å². The largest absolute Gasteiger partial charge is 0.508 e. The molecule has 346 valence electrons. The zero-order valence-corrected chi connectivity index (χ0v) is 36.1. The standard InChI is InChI=1S/C49H52N4O13/c1-24-13-39(57)33-14-27-15-41(66-63-23-48(62,47(61)44(60)40(58)22-54)18-25-3-10-38(56)31-5-4-29(55)17-32(25)31)49(65-45(27)43(46(33)64-24)53-20-26-11-12-51-37(26)21-53)34-8-9-36(50-2)35(49)7-6-30(34)28-16-42(59)52-19-28/h3-14,17,20-21,28,30,34-36,40-41,44,47,50-51,54-56,58,60-62H,15-16,18-19,22-23H2,1-2H3,(H,52,59). The van der Waals surface area contributed by atoms with Crippen LogP contribution in [0.15, 0.2) is 101 Å². The van der Waals surface area contributed by atoms with Crippen LogP contribution in [0.5, 0.6) is 17.2 Å². The molecule has 1 fully saturated rings. The zero-order chi connectivity index (χ0) is 46.2. The molecule has 17 nitrogen and oxygen atoms in total. The summed E-state index contributed by atoms with van der Waals surface area (Å²) in [5.41, 5.74) is -1.45. The van der Waals surface area contributed by atoms with Crippen LogP contribution in [0.4, 0.5) is 0 Å². The Morgan fingerprint density at radius 2 is 1.79 bits per heavy atom. The predicted octanol–water partition coefficient (Wildman–Crippen LogP) is 2.69. The van der Waals surface area contributed by atoms with E-state index in [4.69, 9.17) is 18.9 Å². The van der Waals surface area contributed by atoms with Crippen molar-refractivity contribution in [3.05, 3.63) is 119 Å². The van der Waals surface area contributed by atoms with Gasteiger partial charge < -0.3 is 65.1 Å². The first-order valence-electron chi connectivity index (χ1n) is 22.1. The van der Waals surface area contributed by atoms with Crippen LogP contribution in [0.1, 0.15) is 23.3 Å². The lowest BCUT2D eigenvalue weighted by Crippen LogP contribution is -2.69. The number of aromatic nitrogens is 2. The number of aliphatic hydroxyl groups excluding tert-OH is 4. The first-order chi connectivity index (χ1) is 31.7. The molecule has 66 heavy (non-hydrogen) atoms. The number of phenols is 2. The van der Waals surface area contributed by atoms with Crippen molar-refractivity contribution in [1.29, 1.82) is 0 Å². The number of benzene rings is 3. The van der Waals surface area contributed by atoms with E-state index in [-0.39, 0.29) is 47.1 Å². The third-order valence-corrected chi connectivity index (χ3v) is 14.3. The number of rotatable bonds is 13. The number of hydrogen-bond acceptors (Lipinski definition) is 14. The van der Waals surface area contributed by atoms with Gasteiger partial charge in [-0.3, -0.25) is 9.59 Å². The van der Waals surface area contributed by atoms with Gasteiger partial charge in [-0.1, -0.05) is 30.4 Å². The number of fused-ring (bicyclic) bond motifs is 4. The minimum absolute atomic E-state index is 0.0612. The van der Waals surface area contributed by atoms with Crippen LogP contribution in [-0.4, -0.2) is 120 Å². The number of phenolic OH excluding ortho intramolecular Hbond substituents is 2. The maximum Gasteiger partial charge on any atom is 0.220 e. The molecule has 2 bridgehead atoms. The summed E-state index contributed by atoms with van der Waals surface area (Å²) in [5.74, 6) is -0.667. The number of likely N-dealkylation sites (N-methyl/N-ethyl adjacent to an activating group) is 1. The Bertz CT molecular complexity index is 2950. The lowest BCUT2D eigenvalue weighted by atomic mass is 9.56. The van der Waals surface area contributed by atoms with E-state index >= 15 is 0 Å². The van der Waals surface area contributed by atoms with Gasteiger partial charge in [0.05, 0.1) is 17.5 Å². The topological polar surface area (TPSA) is 261 Å². The van der Waals surface area contributed by atoms with Crippen molar-refractivity contribution in [2.24, 2.45) is 23.7 Å². The van der Waals surface area contributed by atoms with Crippen LogP contribution in [0.2, 0.25) is 0 Å². The second-order valence-corrected chi connectivity index (χ2v) is 18.3. The molecule has 0 radical (unpaired) electrons. The van der Waals surface area contributed by atoms with Crippen molar-refractivity contribution >= 4 is 38.6 Å². The Balaban J connectivity index is 1.10. The number of aryl methyl sites for hydroxylation is 1. The highest BCUT2D eigenvalue weighted by molar-refractivity contribution is 5.93. The smallest absolute Gasteiger partial charge is 0.220 e. The number of aliphatic hydroxyl groups is 5. The Labute approximate surface area is 377 Å². The zero-order valence-electron chi connectivity index (χ0n) is 36.1. The van der Waals surface area contributed by atoms with Crippen LogP contribution in [0.3, 0.4) is 0 Å². The Morgan fingerprint density at radius 1 is 0.970 bits per heavy atom. The molecule has 1 saturated heterocycles. The first-order valence-corrected chi connectivity index (χ1v) is 22.1. The third kappa shape index (κ3) is 7.17. The molecule has 5 heterocycles. The highest BCUT2D eigenvalue weighted by Crippen LogP contribution is 2.56. The number of carbonyl (C=O) groups is 1. The lowest BCUT2D eigenvalue weighted by Gasteiger charge is -2.58. The van der Waals surface area contributed by atoms with E-state index in [9.17, 15) is 45.3 Å². The van der Waals surface area contributed by atoms with Crippen LogP contribution in [0.25, 0.3) is 38.3 Å². The molecule has 11 unspecified atom stereocenters. The number of aromatic amines is 1. The van der Waals surface area contributed by atoms with Crippen molar-refractivity contribution in [2.45, 2.75) is 67.8 Å². The average Bonchev–Trinajstić information content (AvgIpc) is 4.04. The van der Waals surface area contributed by atoms with E-state index in [1.807, 2.05) is 36.3 Å². The molecule has 1 spiro atoms. The van der Waals surface area contributed by atoms with Gasteiger partial charge in [0.15, 0.2) is 22.4 Å². The predicted molar refractivity (Wildman–Crippen MR) is 240 cm³/mol. The number of nitrogens with zero attached hydrogens (tertiary/aromatic N) is 1. The minimum atomic E-state index is -2.45. The second kappa shape index (κ2) is 16.7. The highest BCUT2D eigenvalue weighted by Gasteiger charge is 2.63. The van der Waals surface area contributed by atoms with Crippen LogP contribution in [-0.2, 0) is 27.4 Å². The summed E-state index contributed by atoms with van der Waals surface area (Å²) >= 11 is 0. The van der Waals surface area contributed by atoms with Gasteiger partial charge in [-0.15, -0.1) is 0 Å². The van der Waals surface area contributed by atoms with Gasteiger partial charge in [-0.05, 0) is 73.2 Å². The normalized spacial score (nSPS) is 26.9. The van der Waals surface area contributed by atoms with Crippen molar-refractivity contribution in [3.8, 4) is 22.9 Å². The Kier molecular flexibility index (Phi) is 11.1. The van der Waals surface area contributed by atoms with E-state index in [0.717, 1.165) is 10.9 Å². The first kappa shape index (κ1) is 43.9. The third-order valence-electron chi connectivity index (χ3n) is 14.3. The Hall–Kier alpha value is -6.02. The van der Waals surface area contributed by atoms with Crippen molar-refractivity contribution in [1.82, 2.24) is 20.2 Å². The number of amides is 1. The van der Waals surface area contributed by atoms with Gasteiger partial charge in [0.25, 0.3) is 0 Å². The number of nitrogens with one attached hydrogen (secondary N) is 3. The summed E-state index contributed by atoms with van der Waals surface area (Å²) in [6.45, 7) is 0.408. The lowest BCUT2D eigenvalue weighted by molar-refractivity contribution is -0.380. The fourth-order valence-electron chi connectivity index (χ4n) is 10.9. The molecule has 3 aromatic carbocycles. The number of allylic oxidation sites excluding steroid dienone is 1. The molecule has 17 heteroatoms. The maximum atomic E-state index is 13.8. The van der Waals surface area contributed by atoms with Crippen LogP contribution < -0.4 is 20.8 Å². The van der Waals surface area contributed by atoms with Gasteiger partial charge in [-0.2, -0.15) is 0 Å². The summed E-state index contributed by atoms with van der Waals surface area (Å²) in [4.78, 5) is 42.4. The molecule has 6 aromatic rings. The summed E-state index contributed by atoms with van der Waals surface area (Å²) in [6.07, 6.45) is 6.90. The quantitative estimate of drug-likeness (QED) is 0.0454. The number of hydrogen-bond donors (Lipinski definition) is 10. The van der Waals surface area contributed by atoms with Crippen LogP contribution in [0, 0.1) is 30.6 Å². The van der Waals surface area contributed by atoms with Gasteiger partial charge in [0.1, 0.15) is 59.6 Å². The fraction of sp³-hybridized carbons (Fsp3) is 0.388. The molecular weight excluding hydrogens is 853 g/mol. The molecule has 10 N–H and O–H groups in total. The molecule has 2 aliphatic heterocycles. The fourth-order valence-corrected chi connectivity index (χ4v) is 10.9. The summed E-state index contributed by atoms with van der Waals surface area (Å²) < 4.78 is 15.9. The highest BCUT2D eigenvalue weighted by atomic mass is 17.2. The molecule has 3 aromatic heterocycles. The SMILES string of the molecule is CNC1C=CC2C(C3CNC(=O)C3)C=CC1C21Oc2c(cc3c(=O)cc(C)oc3c2-n2cc3cc[nH]c3c2)CC1OOCC(O)(Cc1ccc(O)c2ccc(O)cc12)C(O)C(O)C(O)CO. The molecule has 10 rings (SSSR count). The van der Waals surface area contributed by atoms with E-state index < -0.39 is 67.1 Å². The van der Waals surface area contributed by atoms with Gasteiger partial charge >= 0.3 is 0 Å². The van der Waals surface area contributed by atoms with E-state index in [1.54, 1.807) is 13.0 Å². The maximum absolute atomic E-state index is 13.8. The van der Waals surface area contributed by atoms with E-state index in [1.165, 1.54) is 36.4 Å². The number of carbonyl (C=O) groups excluding carboxylic acids is 1. The molecule has 11 atom stereocenters. The monoisotopic (exact) mass is 904 g/mol. The summed E-state index contributed by atoms with van der Waals surface area (Å²) in [6, 6.07) is 11.9. The van der Waals surface area contributed by atoms with Crippen LogP contribution >= 0.6 is 0 Å². The van der Waals surface area contributed by atoms with Crippen molar-refractivity contribution < 1.29 is 59.5 Å². The number of aromatic hydroxyl groups is 2. The molecule has 2 aliphatic carbocycles. The number of ether oxygens (including phenoxy) is 1. The summed E-state index contributed by atoms with van der Waals surface area (Å²) in [7, 11) is 1.84. The van der Waals surface area contributed by atoms with Gasteiger partial charge in [-0.25, -0.2) is 9.78 Å². The number of H-pyrrole nitrogens is 1. The molecule has 0 saturated carbocycles. The molecule has 1 amide bonds. The Morgan fingerprint density at radius 3 is 2.55 bits per heavy atom. The second-order valence-electron chi connectivity index (χ2n) is 18.3. The van der Waals surface area contributed by atoms with Crippen molar-refractivity contribution in [3.63, 3.8) is 0 Å². The van der Waals surface area contributed by atoms with Gasteiger partial charge in [0, 0.05) is 84.7 Å².